The van der Waals surface area contributed by atoms with Crippen LogP contribution in [0, 0.1) is 0 Å². The van der Waals surface area contributed by atoms with Crippen molar-refractivity contribution >= 4 is 10.9 Å². The third-order valence-corrected chi connectivity index (χ3v) is 4.11. The third-order valence-electron chi connectivity index (χ3n) is 4.11. The van der Waals surface area contributed by atoms with Gasteiger partial charge in [-0.3, -0.25) is 4.98 Å². The van der Waals surface area contributed by atoms with Crippen molar-refractivity contribution in [1.29, 1.82) is 0 Å². The highest BCUT2D eigenvalue weighted by molar-refractivity contribution is 5.86. The Balaban J connectivity index is 1.98. The fraction of sp³-hybridized carbons (Fsp3) is 0.400. The molecule has 17 heavy (non-hydrogen) atoms. The second kappa shape index (κ2) is 3.46. The highest BCUT2D eigenvalue weighted by Gasteiger charge is 2.32. The van der Waals surface area contributed by atoms with Crippen LogP contribution in [0.5, 0.6) is 5.75 Å². The van der Waals surface area contributed by atoms with Gasteiger partial charge in [-0.2, -0.15) is 0 Å². The summed E-state index contributed by atoms with van der Waals surface area (Å²) < 4.78 is 6.15. The van der Waals surface area contributed by atoms with E-state index in [1.807, 2.05) is 12.3 Å². The normalized spacial score (nSPS) is 26.4. The second-order valence-electron chi connectivity index (χ2n) is 5.16. The lowest BCUT2D eigenvalue weighted by Gasteiger charge is -2.36. The average Bonchev–Trinajstić information content (AvgIpc) is 2.39. The monoisotopic (exact) mass is 225 g/mol. The van der Waals surface area contributed by atoms with Gasteiger partial charge in [-0.05, 0) is 43.2 Å². The van der Waals surface area contributed by atoms with Gasteiger partial charge >= 0.3 is 0 Å². The Morgan fingerprint density at radius 3 is 3.18 bits per heavy atom. The van der Waals surface area contributed by atoms with Crippen molar-refractivity contribution in [1.82, 2.24) is 4.98 Å². The molecule has 1 fully saturated rings. The number of pyridine rings is 1. The van der Waals surface area contributed by atoms with Crippen molar-refractivity contribution in [3.05, 3.63) is 36.0 Å². The van der Waals surface area contributed by atoms with Crippen LogP contribution in [0.4, 0.5) is 0 Å². The van der Waals surface area contributed by atoms with Gasteiger partial charge in [-0.1, -0.05) is 18.2 Å². The molecule has 1 saturated carbocycles. The van der Waals surface area contributed by atoms with Crippen molar-refractivity contribution in [2.75, 3.05) is 0 Å². The Morgan fingerprint density at radius 2 is 2.18 bits per heavy atom. The molecule has 0 N–H and O–H groups in total. The fourth-order valence-corrected chi connectivity index (χ4v) is 3.28. The van der Waals surface area contributed by atoms with E-state index in [-0.39, 0.29) is 0 Å². The summed E-state index contributed by atoms with van der Waals surface area (Å²) in [5, 5.41) is 1.19. The van der Waals surface area contributed by atoms with Gasteiger partial charge in [0.15, 0.2) is 0 Å². The maximum absolute atomic E-state index is 6.15. The van der Waals surface area contributed by atoms with Crippen molar-refractivity contribution < 1.29 is 4.74 Å². The molecule has 1 aliphatic carbocycles. The zero-order valence-corrected chi connectivity index (χ0v) is 9.73. The minimum atomic E-state index is 0.425. The summed E-state index contributed by atoms with van der Waals surface area (Å²) in [6.45, 7) is 0. The van der Waals surface area contributed by atoms with E-state index in [0.717, 1.165) is 11.3 Å². The van der Waals surface area contributed by atoms with Gasteiger partial charge in [0.1, 0.15) is 11.3 Å². The molecule has 2 bridgehead atoms. The smallest absolute Gasteiger partial charge is 0.149 e. The molecular formula is C15H15NO. The number of hydrogen-bond acceptors (Lipinski definition) is 2. The molecule has 0 spiro atoms. The van der Waals surface area contributed by atoms with E-state index in [1.165, 1.54) is 36.6 Å². The summed E-state index contributed by atoms with van der Waals surface area (Å²) in [7, 11) is 0. The Morgan fingerprint density at radius 1 is 1.18 bits per heavy atom. The highest BCUT2D eigenvalue weighted by atomic mass is 16.5. The second-order valence-corrected chi connectivity index (χ2v) is 5.16. The first kappa shape index (κ1) is 9.46. The lowest BCUT2D eigenvalue weighted by molar-refractivity contribution is 0.121. The van der Waals surface area contributed by atoms with E-state index in [9.17, 15) is 0 Å². The Labute approximate surface area is 101 Å². The van der Waals surface area contributed by atoms with Crippen molar-refractivity contribution in [3.8, 4) is 5.75 Å². The third kappa shape index (κ3) is 1.36. The lowest BCUT2D eigenvalue weighted by atomic mass is 9.80. The zero-order chi connectivity index (χ0) is 11.2. The standard InChI is InChI=1S/C15H15NO/c1-3-11-9-12(5-1)17-15-13(11)7-6-10-4-2-8-16-14(10)15/h2,4,6-8,11-12H,1,3,5,9H2/t11-,12+/m1/s1. The quantitative estimate of drug-likeness (QED) is 0.682. The zero-order valence-electron chi connectivity index (χ0n) is 9.73. The summed E-state index contributed by atoms with van der Waals surface area (Å²) >= 11 is 0. The number of ether oxygens (including phenoxy) is 1. The van der Waals surface area contributed by atoms with Crippen molar-refractivity contribution in [3.63, 3.8) is 0 Å². The highest BCUT2D eigenvalue weighted by Crippen LogP contribution is 2.45. The number of hydrogen-bond donors (Lipinski definition) is 0. The van der Waals surface area contributed by atoms with Crippen LogP contribution in [0.1, 0.15) is 37.2 Å². The topological polar surface area (TPSA) is 22.1 Å². The predicted octanol–water partition coefficient (Wildman–Crippen LogP) is 3.65. The van der Waals surface area contributed by atoms with E-state index in [0.29, 0.717) is 12.0 Å². The van der Waals surface area contributed by atoms with Gasteiger partial charge in [0.05, 0.1) is 6.10 Å². The van der Waals surface area contributed by atoms with Crippen LogP contribution in [0.25, 0.3) is 10.9 Å². The van der Waals surface area contributed by atoms with E-state index >= 15 is 0 Å². The van der Waals surface area contributed by atoms with Gasteiger partial charge in [0, 0.05) is 11.6 Å². The summed E-state index contributed by atoms with van der Waals surface area (Å²) in [6, 6.07) is 8.51. The first-order valence-corrected chi connectivity index (χ1v) is 6.46. The molecule has 0 radical (unpaired) electrons. The fourth-order valence-electron chi connectivity index (χ4n) is 3.28. The molecule has 2 atom stereocenters. The molecule has 0 unspecified atom stereocenters. The Hall–Kier alpha value is -1.57. The molecule has 86 valence electrons. The number of rotatable bonds is 0. The lowest BCUT2D eigenvalue weighted by Crippen LogP contribution is -2.29. The number of nitrogens with zero attached hydrogens (tertiary/aromatic N) is 1. The molecule has 2 nitrogen and oxygen atoms in total. The van der Waals surface area contributed by atoms with Crippen LogP contribution in [0.2, 0.25) is 0 Å². The molecule has 2 heteroatoms. The molecule has 0 saturated heterocycles. The van der Waals surface area contributed by atoms with Gasteiger partial charge < -0.3 is 4.74 Å². The minimum absolute atomic E-state index is 0.425. The molecule has 0 amide bonds. The molecule has 1 aliphatic heterocycles. The Kier molecular flexibility index (Phi) is 1.92. The van der Waals surface area contributed by atoms with Gasteiger partial charge in [-0.25, -0.2) is 0 Å². The molecule has 4 rings (SSSR count). The van der Waals surface area contributed by atoms with Gasteiger partial charge in [0.25, 0.3) is 0 Å². The van der Waals surface area contributed by atoms with Gasteiger partial charge in [-0.15, -0.1) is 0 Å². The maximum Gasteiger partial charge on any atom is 0.149 e. The van der Waals surface area contributed by atoms with Crippen LogP contribution in [-0.2, 0) is 0 Å². The largest absolute Gasteiger partial charge is 0.488 e. The summed E-state index contributed by atoms with van der Waals surface area (Å²) in [5.41, 5.74) is 2.42. The van der Waals surface area contributed by atoms with Crippen LogP contribution < -0.4 is 4.74 Å². The predicted molar refractivity (Wildman–Crippen MR) is 67.4 cm³/mol. The average molecular weight is 225 g/mol. The van der Waals surface area contributed by atoms with Crippen molar-refractivity contribution in [2.45, 2.75) is 37.7 Å². The summed E-state index contributed by atoms with van der Waals surface area (Å²) in [4.78, 5) is 4.50. The molecule has 2 heterocycles. The molecule has 1 aromatic carbocycles. The molecule has 2 aliphatic rings. The number of aromatic nitrogens is 1. The van der Waals surface area contributed by atoms with E-state index in [4.69, 9.17) is 4.74 Å². The van der Waals surface area contributed by atoms with E-state index in [1.54, 1.807) is 0 Å². The van der Waals surface area contributed by atoms with Crippen LogP contribution in [0.3, 0.4) is 0 Å². The summed E-state index contributed by atoms with van der Waals surface area (Å²) in [6.07, 6.45) is 7.30. The van der Waals surface area contributed by atoms with Gasteiger partial charge in [0.2, 0.25) is 0 Å². The first-order valence-electron chi connectivity index (χ1n) is 6.46. The van der Waals surface area contributed by atoms with E-state index in [2.05, 4.69) is 23.2 Å². The van der Waals surface area contributed by atoms with E-state index < -0.39 is 0 Å². The van der Waals surface area contributed by atoms with Crippen LogP contribution in [0.15, 0.2) is 30.5 Å². The first-order chi connectivity index (χ1) is 8.42. The molecule has 1 aromatic heterocycles. The number of benzene rings is 1. The number of fused-ring (bicyclic) bond motifs is 6. The Bertz CT molecular complexity index is 578. The molecular weight excluding hydrogens is 210 g/mol. The summed E-state index contributed by atoms with van der Waals surface area (Å²) in [5.74, 6) is 1.76. The van der Waals surface area contributed by atoms with Crippen LogP contribution >= 0.6 is 0 Å². The van der Waals surface area contributed by atoms with Crippen molar-refractivity contribution in [2.24, 2.45) is 0 Å². The van der Waals surface area contributed by atoms with Crippen LogP contribution in [-0.4, -0.2) is 11.1 Å². The maximum atomic E-state index is 6.15. The molecule has 2 aromatic rings. The minimum Gasteiger partial charge on any atom is -0.488 e. The SMILES string of the molecule is c1cnc2c3c(ccc2c1)[C@@H]1CCC[C@@H](C1)O3.